The molecule has 0 atom stereocenters. The normalized spacial score (nSPS) is 11.0. The van der Waals surface area contributed by atoms with E-state index in [1.54, 1.807) is 43.5 Å². The van der Waals surface area contributed by atoms with Crippen molar-refractivity contribution in [3.8, 4) is 11.3 Å². The van der Waals surface area contributed by atoms with Crippen molar-refractivity contribution in [2.75, 3.05) is 5.32 Å². The number of oxazole rings is 1. The lowest BCUT2D eigenvalue weighted by Crippen LogP contribution is -2.09. The van der Waals surface area contributed by atoms with Crippen molar-refractivity contribution in [2.45, 2.75) is 6.92 Å². The number of carbonyl (C=O) groups is 1. The SMILES string of the molecule is Cc1nc(-c2ccc(NC(=O)c3cc4c(F)cccc4s3)cc2)co1. The summed E-state index contributed by atoms with van der Waals surface area (Å²) >= 11 is 1.27. The average Bonchev–Trinajstić information content (AvgIpc) is 3.23. The number of nitrogens with one attached hydrogen (secondary N) is 1. The average molecular weight is 352 g/mol. The quantitative estimate of drug-likeness (QED) is 0.547. The lowest BCUT2D eigenvalue weighted by molar-refractivity contribution is 0.103. The fraction of sp³-hybridized carbons (Fsp3) is 0.0526. The van der Waals surface area contributed by atoms with Crippen LogP contribution in [0.1, 0.15) is 15.6 Å². The molecule has 2 heterocycles. The van der Waals surface area contributed by atoms with Crippen molar-refractivity contribution < 1.29 is 13.6 Å². The smallest absolute Gasteiger partial charge is 0.265 e. The van der Waals surface area contributed by atoms with Crippen molar-refractivity contribution in [1.29, 1.82) is 0 Å². The Kier molecular flexibility index (Phi) is 3.82. The molecule has 0 aliphatic heterocycles. The van der Waals surface area contributed by atoms with E-state index in [1.807, 2.05) is 12.1 Å². The highest BCUT2D eigenvalue weighted by Gasteiger charge is 2.13. The Morgan fingerprint density at radius 1 is 1.20 bits per heavy atom. The molecule has 25 heavy (non-hydrogen) atoms. The minimum atomic E-state index is -0.319. The van der Waals surface area contributed by atoms with Gasteiger partial charge in [-0.25, -0.2) is 9.37 Å². The van der Waals surface area contributed by atoms with Gasteiger partial charge < -0.3 is 9.73 Å². The number of nitrogens with zero attached hydrogens (tertiary/aromatic N) is 1. The molecule has 4 rings (SSSR count). The largest absolute Gasteiger partial charge is 0.449 e. The van der Waals surface area contributed by atoms with Crippen LogP contribution in [0.5, 0.6) is 0 Å². The van der Waals surface area contributed by atoms with E-state index < -0.39 is 0 Å². The van der Waals surface area contributed by atoms with Crippen LogP contribution in [0.15, 0.2) is 59.2 Å². The van der Waals surface area contributed by atoms with Crippen molar-refractivity contribution in [3.63, 3.8) is 0 Å². The van der Waals surface area contributed by atoms with E-state index in [1.165, 1.54) is 17.4 Å². The molecule has 0 fully saturated rings. The van der Waals surface area contributed by atoms with Gasteiger partial charge in [-0.3, -0.25) is 4.79 Å². The molecule has 0 aliphatic carbocycles. The molecule has 0 aliphatic rings. The van der Waals surface area contributed by atoms with E-state index in [-0.39, 0.29) is 11.7 Å². The van der Waals surface area contributed by atoms with E-state index in [2.05, 4.69) is 10.3 Å². The van der Waals surface area contributed by atoms with Crippen LogP contribution in [-0.2, 0) is 0 Å². The Labute approximate surface area is 146 Å². The van der Waals surface area contributed by atoms with Crippen molar-refractivity contribution in [1.82, 2.24) is 4.98 Å². The van der Waals surface area contributed by atoms with Gasteiger partial charge in [-0.15, -0.1) is 11.3 Å². The van der Waals surface area contributed by atoms with Crippen molar-refractivity contribution in [2.24, 2.45) is 0 Å². The summed E-state index contributed by atoms with van der Waals surface area (Å²) < 4.78 is 19.7. The summed E-state index contributed by atoms with van der Waals surface area (Å²) in [6, 6.07) is 13.7. The third kappa shape index (κ3) is 3.04. The Morgan fingerprint density at radius 2 is 2.00 bits per heavy atom. The van der Waals surface area contributed by atoms with Crippen LogP contribution >= 0.6 is 11.3 Å². The van der Waals surface area contributed by atoms with Crippen LogP contribution in [0, 0.1) is 12.7 Å². The number of anilines is 1. The number of carbonyl (C=O) groups excluding carboxylic acids is 1. The van der Waals surface area contributed by atoms with E-state index >= 15 is 0 Å². The predicted octanol–water partition coefficient (Wildman–Crippen LogP) is 5.26. The van der Waals surface area contributed by atoms with Crippen LogP contribution in [0.4, 0.5) is 10.1 Å². The van der Waals surface area contributed by atoms with Gasteiger partial charge in [-0.05, 0) is 30.3 Å². The number of halogens is 1. The maximum atomic E-state index is 13.8. The summed E-state index contributed by atoms with van der Waals surface area (Å²) in [7, 11) is 0. The minimum absolute atomic E-state index is 0.259. The summed E-state index contributed by atoms with van der Waals surface area (Å²) in [6.07, 6.45) is 1.59. The fourth-order valence-corrected chi connectivity index (χ4v) is 3.52. The third-order valence-corrected chi connectivity index (χ3v) is 4.89. The zero-order chi connectivity index (χ0) is 17.4. The number of hydrogen-bond acceptors (Lipinski definition) is 4. The monoisotopic (exact) mass is 352 g/mol. The second kappa shape index (κ2) is 6.14. The topological polar surface area (TPSA) is 55.1 Å². The number of amides is 1. The van der Waals surface area contributed by atoms with Gasteiger partial charge in [0.1, 0.15) is 17.8 Å². The van der Waals surface area contributed by atoms with Gasteiger partial charge in [0.05, 0.1) is 4.88 Å². The second-order valence-corrected chi connectivity index (χ2v) is 6.63. The Balaban J connectivity index is 1.54. The Morgan fingerprint density at radius 3 is 2.68 bits per heavy atom. The summed E-state index contributed by atoms with van der Waals surface area (Å²) in [5, 5.41) is 3.29. The van der Waals surface area contributed by atoms with Crippen LogP contribution < -0.4 is 5.32 Å². The zero-order valence-corrected chi connectivity index (χ0v) is 14.1. The van der Waals surface area contributed by atoms with Gasteiger partial charge in [-0.2, -0.15) is 0 Å². The zero-order valence-electron chi connectivity index (χ0n) is 13.2. The molecule has 2 aromatic heterocycles. The molecule has 1 N–H and O–H groups in total. The highest BCUT2D eigenvalue weighted by atomic mass is 32.1. The number of aromatic nitrogens is 1. The first-order valence-corrected chi connectivity index (χ1v) is 8.44. The number of hydrogen-bond donors (Lipinski definition) is 1. The highest BCUT2D eigenvalue weighted by Crippen LogP contribution is 2.28. The lowest BCUT2D eigenvalue weighted by atomic mass is 10.1. The molecule has 4 aromatic rings. The molecule has 124 valence electrons. The van der Waals surface area contributed by atoms with Crippen LogP contribution in [0.2, 0.25) is 0 Å². The molecule has 0 unspecified atom stereocenters. The molecule has 2 aromatic carbocycles. The summed E-state index contributed by atoms with van der Waals surface area (Å²) in [5.74, 6) is 0.0232. The highest BCUT2D eigenvalue weighted by molar-refractivity contribution is 7.20. The summed E-state index contributed by atoms with van der Waals surface area (Å²) in [6.45, 7) is 1.78. The van der Waals surface area contributed by atoms with Crippen LogP contribution in [0.3, 0.4) is 0 Å². The van der Waals surface area contributed by atoms with Crippen molar-refractivity contribution >= 4 is 33.0 Å². The molecular formula is C19H13FN2O2S. The predicted molar refractivity (Wildman–Crippen MR) is 96.4 cm³/mol. The minimum Gasteiger partial charge on any atom is -0.449 e. The summed E-state index contributed by atoms with van der Waals surface area (Å²) in [5.41, 5.74) is 2.31. The fourth-order valence-electron chi connectivity index (χ4n) is 2.55. The first-order chi connectivity index (χ1) is 12.1. The van der Waals surface area contributed by atoms with Gasteiger partial charge >= 0.3 is 0 Å². The molecule has 4 nitrogen and oxygen atoms in total. The maximum absolute atomic E-state index is 13.8. The molecule has 0 spiro atoms. The number of thiophene rings is 1. The molecule has 0 saturated carbocycles. The van der Waals surface area contributed by atoms with Crippen molar-refractivity contribution in [3.05, 3.63) is 71.4 Å². The molecule has 0 bridgehead atoms. The number of benzene rings is 2. The van der Waals surface area contributed by atoms with Gasteiger partial charge in [0, 0.05) is 28.3 Å². The van der Waals surface area contributed by atoms with Gasteiger partial charge in [-0.1, -0.05) is 18.2 Å². The molecular weight excluding hydrogens is 339 g/mol. The van der Waals surface area contributed by atoms with Gasteiger partial charge in [0.2, 0.25) is 0 Å². The first kappa shape index (κ1) is 15.5. The van der Waals surface area contributed by atoms with Gasteiger partial charge in [0.25, 0.3) is 5.91 Å². The maximum Gasteiger partial charge on any atom is 0.265 e. The summed E-state index contributed by atoms with van der Waals surface area (Å²) in [4.78, 5) is 17.1. The van der Waals surface area contributed by atoms with E-state index in [9.17, 15) is 9.18 Å². The second-order valence-electron chi connectivity index (χ2n) is 5.55. The molecule has 0 saturated heterocycles. The first-order valence-electron chi connectivity index (χ1n) is 7.62. The Hall–Kier alpha value is -2.99. The standard InChI is InChI=1S/C19H13FN2O2S/c1-11-21-16(10-24-11)12-5-7-13(8-6-12)22-19(23)18-9-14-15(20)3-2-4-17(14)25-18/h2-10H,1H3,(H,22,23). The van der Waals surface area contributed by atoms with E-state index in [4.69, 9.17) is 4.42 Å². The number of fused-ring (bicyclic) bond motifs is 1. The Bertz CT molecular complexity index is 1070. The number of aryl methyl sites for hydroxylation is 1. The number of rotatable bonds is 3. The third-order valence-electron chi connectivity index (χ3n) is 3.79. The molecule has 0 radical (unpaired) electrons. The van der Waals surface area contributed by atoms with Gasteiger partial charge in [0.15, 0.2) is 5.89 Å². The van der Waals surface area contributed by atoms with Crippen LogP contribution in [0.25, 0.3) is 21.3 Å². The van der Waals surface area contributed by atoms with Crippen LogP contribution in [-0.4, -0.2) is 10.9 Å². The molecule has 6 heteroatoms. The van der Waals surface area contributed by atoms with E-state index in [0.717, 1.165) is 16.0 Å². The lowest BCUT2D eigenvalue weighted by Gasteiger charge is -2.04. The van der Waals surface area contributed by atoms with E-state index in [0.29, 0.717) is 21.8 Å². The molecule has 1 amide bonds.